The molecule has 1 aliphatic carbocycles. The van der Waals surface area contributed by atoms with Crippen molar-refractivity contribution in [1.82, 2.24) is 0 Å². The first-order valence-corrected chi connectivity index (χ1v) is 11.0. The largest absolute Gasteiger partial charge is 0.393 e. The average molecular weight is 473 g/mol. The van der Waals surface area contributed by atoms with Crippen molar-refractivity contribution in [3.8, 4) is 11.1 Å². The minimum absolute atomic E-state index is 0.188. The Hall–Kier alpha value is -3.32. The van der Waals surface area contributed by atoms with Gasteiger partial charge in [0, 0.05) is 25.6 Å². The molecule has 0 saturated heterocycles. The Morgan fingerprint density at radius 1 is 1.03 bits per heavy atom. The topological polar surface area (TPSA) is 75.3 Å². The highest BCUT2D eigenvalue weighted by Crippen LogP contribution is 2.28. The van der Waals surface area contributed by atoms with Gasteiger partial charge in [0.05, 0.1) is 6.10 Å². The third kappa shape index (κ3) is 9.27. The lowest BCUT2D eigenvalue weighted by atomic mass is 9.88. The molecular weight excluding hydrogens is 441 g/mol. The van der Waals surface area contributed by atoms with Gasteiger partial charge in [-0.2, -0.15) is 13.2 Å². The van der Waals surface area contributed by atoms with Gasteiger partial charge in [0.1, 0.15) is 0 Å². The van der Waals surface area contributed by atoms with Crippen molar-refractivity contribution in [3.63, 3.8) is 0 Å². The van der Waals surface area contributed by atoms with Crippen LogP contribution < -0.4 is 11.1 Å². The summed E-state index contributed by atoms with van der Waals surface area (Å²) in [5.74, 6) is 0. The third-order valence-electron chi connectivity index (χ3n) is 5.28. The van der Waals surface area contributed by atoms with E-state index >= 15 is 0 Å². The molecule has 0 radical (unpaired) electrons. The van der Waals surface area contributed by atoms with E-state index in [1.165, 1.54) is 33.4 Å². The Morgan fingerprint density at radius 3 is 2.12 bits per heavy atom. The maximum atomic E-state index is 10.4. The number of aliphatic hydroxyl groups excluding tert-OH is 1. The summed E-state index contributed by atoms with van der Waals surface area (Å²) < 4.78 is 31.1. The van der Waals surface area contributed by atoms with E-state index in [0.717, 1.165) is 31.5 Å². The lowest BCUT2D eigenvalue weighted by Crippen LogP contribution is -2.20. The molecule has 1 unspecified atom stereocenters. The van der Waals surface area contributed by atoms with E-state index in [4.69, 9.17) is 4.79 Å². The number of anilines is 1. The van der Waals surface area contributed by atoms with E-state index in [-0.39, 0.29) is 19.4 Å². The van der Waals surface area contributed by atoms with Crippen LogP contribution in [0.2, 0.25) is 0 Å². The quantitative estimate of drug-likeness (QED) is 0.421. The molecule has 0 fully saturated rings. The van der Waals surface area contributed by atoms with Crippen LogP contribution in [0.15, 0.2) is 66.7 Å². The van der Waals surface area contributed by atoms with Crippen LogP contribution in [0.25, 0.3) is 11.1 Å². The zero-order chi connectivity index (χ0) is 25.1. The van der Waals surface area contributed by atoms with Crippen molar-refractivity contribution in [2.45, 2.75) is 51.9 Å². The number of aryl methyl sites for hydroxylation is 2. The van der Waals surface area contributed by atoms with E-state index in [1.807, 2.05) is 0 Å². The molecule has 4 nitrogen and oxygen atoms in total. The summed E-state index contributed by atoms with van der Waals surface area (Å²) in [6.45, 7) is 3.09. The number of nitrogens with one attached hydrogen (secondary N) is 1. The number of primary amides is 1. The fourth-order valence-corrected chi connectivity index (χ4v) is 3.69. The fourth-order valence-electron chi connectivity index (χ4n) is 3.69. The molecule has 3 aromatic rings. The molecule has 0 aromatic heterocycles. The van der Waals surface area contributed by atoms with E-state index in [1.54, 1.807) is 0 Å². The summed E-state index contributed by atoms with van der Waals surface area (Å²) >= 11 is 0. The second-order valence-corrected chi connectivity index (χ2v) is 8.17. The first kappa shape index (κ1) is 26.9. The maximum absolute atomic E-state index is 10.4. The van der Waals surface area contributed by atoms with Gasteiger partial charge < -0.3 is 16.2 Å². The molecule has 1 aliphatic rings. The molecule has 0 spiro atoms. The van der Waals surface area contributed by atoms with Crippen molar-refractivity contribution in [2.75, 3.05) is 5.32 Å². The molecule has 0 aliphatic heterocycles. The smallest absolute Gasteiger partial charge is 0.386 e. The minimum Gasteiger partial charge on any atom is -0.393 e. The number of fused-ring (bicyclic) bond motifs is 1. The van der Waals surface area contributed by atoms with Crippen molar-refractivity contribution in [2.24, 2.45) is 5.73 Å². The Morgan fingerprint density at radius 2 is 1.56 bits per heavy atom. The van der Waals surface area contributed by atoms with E-state index in [0.29, 0.717) is 0 Å². The van der Waals surface area contributed by atoms with Crippen LogP contribution in [0.5, 0.6) is 0 Å². The molecule has 0 bridgehead atoms. The van der Waals surface area contributed by atoms with Gasteiger partial charge in [0.15, 0.2) is 0 Å². The molecule has 182 valence electrons. The van der Waals surface area contributed by atoms with Gasteiger partial charge in [-0.15, -0.1) is 0 Å². The highest BCUT2D eigenvalue weighted by Gasteiger charge is 2.19. The second kappa shape index (κ2) is 12.8. The number of aliphatic hydroxyl groups is 1. The number of hydrogen-bond donors (Lipinski definition) is 3. The normalized spacial score (nSPS) is 14.5. The average Bonchev–Trinajstić information content (AvgIpc) is 2.78. The molecule has 4 N–H and O–H groups in total. The van der Waals surface area contributed by atoms with Gasteiger partial charge in [-0.1, -0.05) is 66.2 Å². The Bertz CT molecular complexity index is 1030. The standard InChI is InChI=1S/C24H25NO.C2H3F3.CH3NO/c1-17-5-9-19(10-6-17)20-11-7-18(8-12-20)16-25-24-4-2-3-21-13-14-22(26)15-23(21)24;1-2(3,4)5;2-1-3/h2-12,22,25-26H,13-16H2,1H3;1H3;1H,(H2,2,3). The monoisotopic (exact) mass is 472 g/mol. The Balaban J connectivity index is 0.000000447. The summed E-state index contributed by atoms with van der Waals surface area (Å²) in [4.78, 5) is 8.58. The van der Waals surface area contributed by atoms with Crippen LogP contribution in [0.4, 0.5) is 18.9 Å². The number of nitrogens with two attached hydrogens (primary N) is 1. The summed E-state index contributed by atoms with van der Waals surface area (Å²) in [6, 6.07) is 23.8. The number of alkyl halides is 3. The van der Waals surface area contributed by atoms with Gasteiger partial charge in [0.2, 0.25) is 6.41 Å². The number of rotatable bonds is 4. The number of benzene rings is 3. The van der Waals surface area contributed by atoms with E-state index < -0.39 is 6.18 Å². The maximum Gasteiger partial charge on any atom is 0.386 e. The molecule has 0 saturated carbocycles. The van der Waals surface area contributed by atoms with Crippen LogP contribution in [-0.2, 0) is 24.2 Å². The second-order valence-electron chi connectivity index (χ2n) is 8.17. The third-order valence-corrected chi connectivity index (χ3v) is 5.28. The lowest BCUT2D eigenvalue weighted by molar-refractivity contribution is -0.110. The summed E-state index contributed by atoms with van der Waals surface area (Å²) in [7, 11) is 0. The predicted molar refractivity (Wildman–Crippen MR) is 130 cm³/mol. The highest BCUT2D eigenvalue weighted by molar-refractivity contribution is 5.64. The van der Waals surface area contributed by atoms with E-state index in [2.05, 4.69) is 84.7 Å². The first-order chi connectivity index (χ1) is 16.1. The van der Waals surface area contributed by atoms with Crippen molar-refractivity contribution in [1.29, 1.82) is 0 Å². The summed E-state index contributed by atoms with van der Waals surface area (Å²) in [5, 5.41) is 13.6. The molecule has 1 atom stereocenters. The molecular formula is C27H31F3N2O2. The van der Waals surface area contributed by atoms with E-state index in [9.17, 15) is 18.3 Å². The van der Waals surface area contributed by atoms with Gasteiger partial charge in [-0.3, -0.25) is 4.79 Å². The summed E-state index contributed by atoms with van der Waals surface area (Å²) in [6.07, 6.45) is -1.36. The molecule has 7 heteroatoms. The van der Waals surface area contributed by atoms with Gasteiger partial charge in [0.25, 0.3) is 0 Å². The number of amides is 1. The predicted octanol–water partition coefficient (Wildman–Crippen LogP) is 5.79. The van der Waals surface area contributed by atoms with Crippen LogP contribution in [0.1, 0.15) is 35.6 Å². The van der Waals surface area contributed by atoms with Crippen molar-refractivity contribution >= 4 is 12.1 Å². The fraction of sp³-hybridized carbons (Fsp3) is 0.296. The number of halogens is 3. The van der Waals surface area contributed by atoms with Crippen LogP contribution in [-0.4, -0.2) is 23.8 Å². The van der Waals surface area contributed by atoms with Crippen molar-refractivity contribution in [3.05, 3.63) is 89.0 Å². The molecule has 1 amide bonds. The van der Waals surface area contributed by atoms with Crippen LogP contribution in [0, 0.1) is 6.92 Å². The Kier molecular flexibility index (Phi) is 10.1. The molecule has 34 heavy (non-hydrogen) atoms. The Labute approximate surface area is 198 Å². The number of carbonyl (C=O) groups is 1. The molecule has 0 heterocycles. The molecule has 3 aromatic carbocycles. The van der Waals surface area contributed by atoms with Crippen LogP contribution in [0.3, 0.4) is 0 Å². The lowest BCUT2D eigenvalue weighted by Gasteiger charge is -2.23. The highest BCUT2D eigenvalue weighted by atomic mass is 19.4. The molecule has 4 rings (SSSR count). The van der Waals surface area contributed by atoms with Crippen LogP contribution >= 0.6 is 0 Å². The van der Waals surface area contributed by atoms with Crippen molar-refractivity contribution < 1.29 is 23.1 Å². The summed E-state index contributed by atoms with van der Waals surface area (Å²) in [5.41, 5.74) is 13.0. The van der Waals surface area contributed by atoms with Gasteiger partial charge >= 0.3 is 6.18 Å². The first-order valence-electron chi connectivity index (χ1n) is 11.0. The number of hydrogen-bond acceptors (Lipinski definition) is 3. The number of carbonyl (C=O) groups excluding carboxylic acids is 1. The minimum atomic E-state index is -4.00. The van der Waals surface area contributed by atoms with Gasteiger partial charge in [-0.25, -0.2) is 0 Å². The van der Waals surface area contributed by atoms with Gasteiger partial charge in [-0.05, 0) is 53.6 Å². The SMILES string of the molecule is CC(F)(F)F.Cc1ccc(-c2ccc(CNc3cccc4c3CC(O)CC4)cc2)cc1.NC=O. The zero-order valence-corrected chi connectivity index (χ0v) is 19.4. The zero-order valence-electron chi connectivity index (χ0n) is 19.4.